The number of anilines is 1. The van der Waals surface area contributed by atoms with Crippen molar-refractivity contribution in [3.05, 3.63) is 76.8 Å². The lowest BCUT2D eigenvalue weighted by molar-refractivity contribution is -0.137. The smallest absolute Gasteiger partial charge is 0.369 e. The third-order valence-electron chi connectivity index (χ3n) is 5.53. The van der Waals surface area contributed by atoms with Crippen LogP contribution in [0.15, 0.2) is 60.7 Å². The number of nitrogens with zero attached hydrogens (tertiary/aromatic N) is 2. The van der Waals surface area contributed by atoms with Crippen LogP contribution in [0.3, 0.4) is 0 Å². The molecular formula is C26H24ClF3N4. The highest BCUT2D eigenvalue weighted by atomic mass is 35.5. The Balaban J connectivity index is 1.90. The van der Waals surface area contributed by atoms with E-state index in [1.807, 2.05) is 32.2 Å². The van der Waals surface area contributed by atoms with Crippen LogP contribution in [-0.4, -0.2) is 30.1 Å². The first-order valence-corrected chi connectivity index (χ1v) is 11.3. The summed E-state index contributed by atoms with van der Waals surface area (Å²) < 4.78 is 41.5. The highest BCUT2D eigenvalue weighted by molar-refractivity contribution is 6.33. The van der Waals surface area contributed by atoms with E-state index < -0.39 is 11.7 Å². The van der Waals surface area contributed by atoms with Crippen LogP contribution >= 0.6 is 11.6 Å². The molecule has 0 saturated carbocycles. The second-order valence-electron chi connectivity index (χ2n) is 8.03. The van der Waals surface area contributed by atoms with Crippen molar-refractivity contribution in [2.45, 2.75) is 19.5 Å². The number of fused-ring (bicyclic) bond motifs is 1. The first-order chi connectivity index (χ1) is 16.3. The molecule has 0 saturated heterocycles. The summed E-state index contributed by atoms with van der Waals surface area (Å²) in [6.45, 7) is 3.41. The van der Waals surface area contributed by atoms with Gasteiger partial charge in [0.2, 0.25) is 0 Å². The molecule has 0 amide bonds. The molecule has 0 aliphatic rings. The maximum absolute atomic E-state index is 13.8. The van der Waals surface area contributed by atoms with E-state index >= 15 is 0 Å². The minimum Gasteiger partial charge on any atom is -0.369 e. The van der Waals surface area contributed by atoms with E-state index in [2.05, 4.69) is 20.6 Å². The molecule has 3 aromatic carbocycles. The first kappa shape index (κ1) is 24.0. The minimum atomic E-state index is -4.53. The van der Waals surface area contributed by atoms with E-state index in [1.54, 1.807) is 30.3 Å². The van der Waals surface area contributed by atoms with Crippen LogP contribution in [-0.2, 0) is 6.18 Å². The van der Waals surface area contributed by atoms with Crippen LogP contribution in [0, 0.1) is 6.92 Å². The number of nitrogens with one attached hydrogen (secondary N) is 2. The molecule has 0 aliphatic heterocycles. The Hall–Kier alpha value is -3.16. The minimum absolute atomic E-state index is 0.220. The SMILES string of the molecule is CNCCCNc1nc(-c2cc(-c3ccccc3Cl)cc(C(F)(F)F)c2)nc2c(C)cccc12. The van der Waals surface area contributed by atoms with Crippen molar-refractivity contribution >= 4 is 28.3 Å². The lowest BCUT2D eigenvalue weighted by Gasteiger charge is -2.15. The van der Waals surface area contributed by atoms with Crippen LogP contribution in [0.5, 0.6) is 0 Å². The fourth-order valence-corrected chi connectivity index (χ4v) is 4.05. The van der Waals surface area contributed by atoms with Gasteiger partial charge in [-0.15, -0.1) is 0 Å². The molecule has 4 rings (SSSR count). The summed E-state index contributed by atoms with van der Waals surface area (Å²) in [5, 5.41) is 7.62. The third-order valence-corrected chi connectivity index (χ3v) is 5.86. The molecular weight excluding hydrogens is 461 g/mol. The summed E-state index contributed by atoms with van der Waals surface area (Å²) >= 11 is 6.30. The van der Waals surface area contributed by atoms with Gasteiger partial charge < -0.3 is 10.6 Å². The number of benzene rings is 3. The average Bonchev–Trinajstić information content (AvgIpc) is 2.81. The molecule has 1 aromatic heterocycles. The molecule has 176 valence electrons. The summed E-state index contributed by atoms with van der Waals surface area (Å²) in [5.41, 5.74) is 1.97. The molecule has 4 nitrogen and oxygen atoms in total. The Morgan fingerprint density at radius 3 is 2.41 bits per heavy atom. The molecule has 0 atom stereocenters. The monoisotopic (exact) mass is 484 g/mol. The largest absolute Gasteiger partial charge is 0.416 e. The average molecular weight is 485 g/mol. The van der Waals surface area contributed by atoms with Gasteiger partial charge in [-0.05, 0) is 68.4 Å². The normalized spacial score (nSPS) is 11.7. The zero-order valence-electron chi connectivity index (χ0n) is 18.8. The lowest BCUT2D eigenvalue weighted by atomic mass is 9.98. The number of aromatic nitrogens is 2. The van der Waals surface area contributed by atoms with E-state index in [9.17, 15) is 13.2 Å². The van der Waals surface area contributed by atoms with Crippen molar-refractivity contribution in [3.8, 4) is 22.5 Å². The van der Waals surface area contributed by atoms with Crippen molar-refractivity contribution in [1.82, 2.24) is 15.3 Å². The standard InChI is InChI=1S/C26H24ClF3N4/c1-16-7-5-9-21-23(16)33-24(34-25(21)32-12-6-11-31-2)18-13-17(14-19(15-18)26(28,29)30)20-8-3-4-10-22(20)27/h3-5,7-10,13-15,31H,6,11-12H2,1-2H3,(H,32,33,34). The number of halogens is 4. The predicted molar refractivity (Wildman–Crippen MR) is 132 cm³/mol. The van der Waals surface area contributed by atoms with E-state index in [0.717, 1.165) is 36.0 Å². The van der Waals surface area contributed by atoms with Crippen LogP contribution in [0.2, 0.25) is 5.02 Å². The molecule has 0 radical (unpaired) electrons. The number of alkyl halides is 3. The number of rotatable bonds is 7. The van der Waals surface area contributed by atoms with Gasteiger partial charge in [0, 0.05) is 28.1 Å². The predicted octanol–water partition coefficient (Wildman–Crippen LogP) is 6.97. The maximum atomic E-state index is 13.8. The number of aryl methyl sites for hydroxylation is 1. The molecule has 0 aliphatic carbocycles. The summed E-state index contributed by atoms with van der Waals surface area (Å²) in [6.07, 6.45) is -3.67. The fourth-order valence-electron chi connectivity index (χ4n) is 3.80. The van der Waals surface area contributed by atoms with Gasteiger partial charge >= 0.3 is 6.18 Å². The number of hydrogen-bond donors (Lipinski definition) is 2. The summed E-state index contributed by atoms with van der Waals surface area (Å²) in [5.74, 6) is 0.814. The summed E-state index contributed by atoms with van der Waals surface area (Å²) in [4.78, 5) is 9.31. The van der Waals surface area contributed by atoms with Crippen LogP contribution in [0.25, 0.3) is 33.4 Å². The first-order valence-electron chi connectivity index (χ1n) is 10.9. The molecule has 0 spiro atoms. The Morgan fingerprint density at radius 1 is 0.912 bits per heavy atom. The van der Waals surface area contributed by atoms with Gasteiger partial charge in [-0.25, -0.2) is 9.97 Å². The Bertz CT molecular complexity index is 1320. The molecule has 8 heteroatoms. The van der Waals surface area contributed by atoms with Gasteiger partial charge in [0.05, 0.1) is 11.1 Å². The van der Waals surface area contributed by atoms with Crippen molar-refractivity contribution in [3.63, 3.8) is 0 Å². The summed E-state index contributed by atoms with van der Waals surface area (Å²) in [6, 6.07) is 16.4. The maximum Gasteiger partial charge on any atom is 0.416 e. The molecule has 1 heterocycles. The van der Waals surface area contributed by atoms with Crippen molar-refractivity contribution in [2.24, 2.45) is 0 Å². The van der Waals surface area contributed by atoms with Crippen LogP contribution < -0.4 is 10.6 Å². The molecule has 2 N–H and O–H groups in total. The zero-order chi connectivity index (χ0) is 24.3. The van der Waals surface area contributed by atoms with Crippen molar-refractivity contribution in [2.75, 3.05) is 25.5 Å². The van der Waals surface area contributed by atoms with Crippen LogP contribution in [0.1, 0.15) is 17.5 Å². The second kappa shape index (κ2) is 9.99. The highest BCUT2D eigenvalue weighted by Crippen LogP contribution is 2.38. The zero-order valence-corrected chi connectivity index (χ0v) is 19.6. The fraction of sp³-hybridized carbons (Fsp3) is 0.231. The van der Waals surface area contributed by atoms with Gasteiger partial charge in [-0.1, -0.05) is 41.9 Å². The Morgan fingerprint density at radius 2 is 1.68 bits per heavy atom. The molecule has 0 bridgehead atoms. The van der Waals surface area contributed by atoms with Gasteiger partial charge in [0.25, 0.3) is 0 Å². The quantitative estimate of drug-likeness (QED) is 0.278. The van der Waals surface area contributed by atoms with E-state index in [1.165, 1.54) is 0 Å². The Labute approximate surface area is 201 Å². The molecule has 0 fully saturated rings. The number of hydrogen-bond acceptors (Lipinski definition) is 4. The van der Waals surface area contributed by atoms with Gasteiger partial charge in [-0.2, -0.15) is 13.2 Å². The molecule has 34 heavy (non-hydrogen) atoms. The molecule has 4 aromatic rings. The highest BCUT2D eigenvalue weighted by Gasteiger charge is 2.32. The van der Waals surface area contributed by atoms with Crippen molar-refractivity contribution < 1.29 is 13.2 Å². The van der Waals surface area contributed by atoms with E-state index in [-0.39, 0.29) is 11.4 Å². The Kier molecular flexibility index (Phi) is 7.05. The lowest BCUT2D eigenvalue weighted by Crippen LogP contribution is -2.14. The summed E-state index contributed by atoms with van der Waals surface area (Å²) in [7, 11) is 1.88. The van der Waals surface area contributed by atoms with E-state index in [4.69, 9.17) is 11.6 Å². The molecule has 0 unspecified atom stereocenters. The third kappa shape index (κ3) is 5.16. The second-order valence-corrected chi connectivity index (χ2v) is 8.43. The van der Waals surface area contributed by atoms with Gasteiger partial charge in [-0.3, -0.25) is 0 Å². The van der Waals surface area contributed by atoms with Gasteiger partial charge in [0.15, 0.2) is 5.82 Å². The topological polar surface area (TPSA) is 49.8 Å². The van der Waals surface area contributed by atoms with Crippen molar-refractivity contribution in [1.29, 1.82) is 0 Å². The van der Waals surface area contributed by atoms with E-state index in [0.29, 0.717) is 34.0 Å². The number of para-hydroxylation sites is 1. The van der Waals surface area contributed by atoms with Gasteiger partial charge in [0.1, 0.15) is 5.82 Å². The van der Waals surface area contributed by atoms with Crippen LogP contribution in [0.4, 0.5) is 19.0 Å².